The maximum absolute atomic E-state index is 7.61. The zero-order chi connectivity index (χ0) is 46.1. The highest BCUT2D eigenvalue weighted by Gasteiger charge is 2.52. The van der Waals surface area contributed by atoms with Crippen molar-refractivity contribution in [2.24, 2.45) is 0 Å². The van der Waals surface area contributed by atoms with Crippen molar-refractivity contribution in [1.82, 2.24) is 0 Å². The summed E-state index contributed by atoms with van der Waals surface area (Å²) in [6.45, 7) is 25.3. The fraction of sp³-hybridized carbons (Fsp3) is 0.246. The van der Waals surface area contributed by atoms with Gasteiger partial charge in [-0.15, -0.1) is 0 Å². The minimum absolute atomic E-state index is 0.000329. The quantitative estimate of drug-likeness (QED) is 0.161. The summed E-state index contributed by atoms with van der Waals surface area (Å²) < 4.78 is 7.61. The van der Waals surface area contributed by atoms with Crippen molar-refractivity contribution in [1.29, 1.82) is 0 Å². The molecule has 4 nitrogen and oxygen atoms in total. The second-order valence-electron chi connectivity index (χ2n) is 22.3. The molecular weight excluding hydrogens is 802 g/mol. The molecule has 8 aromatic rings. The van der Waals surface area contributed by atoms with Gasteiger partial charge in [0.1, 0.15) is 5.76 Å². The molecule has 1 aromatic heterocycles. The normalized spacial score (nSPS) is 14.6. The average molecular weight is 862 g/mol. The Hall–Kier alpha value is -6.72. The number of rotatable bonds is 5. The molecule has 7 aromatic carbocycles. The number of para-hydroxylation sites is 2. The molecule has 0 saturated heterocycles. The number of nitrogens with zero attached hydrogens (tertiary/aromatic N) is 3. The van der Waals surface area contributed by atoms with E-state index in [-0.39, 0.29) is 28.4 Å². The Kier molecular flexibility index (Phi) is 9.31. The Morgan fingerprint density at radius 3 is 1.52 bits per heavy atom. The molecular formula is C61H60BN3O. The highest BCUT2D eigenvalue weighted by Crippen LogP contribution is 2.57. The maximum Gasteiger partial charge on any atom is 0.297 e. The summed E-state index contributed by atoms with van der Waals surface area (Å²) in [6.07, 6.45) is 0. The van der Waals surface area contributed by atoms with E-state index in [0.29, 0.717) is 0 Å². The first-order chi connectivity index (χ1) is 31.4. The summed E-state index contributed by atoms with van der Waals surface area (Å²) in [5, 5.41) is 0. The molecule has 0 amide bonds. The van der Waals surface area contributed by atoms with E-state index in [2.05, 4.69) is 255 Å². The first-order valence-corrected chi connectivity index (χ1v) is 23.7. The van der Waals surface area contributed by atoms with Crippen LogP contribution < -0.4 is 31.3 Å². The van der Waals surface area contributed by atoms with Gasteiger partial charge in [-0.2, -0.15) is 0 Å². The Balaban J connectivity index is 1.29. The molecule has 0 radical (unpaired) electrons. The molecule has 3 heterocycles. The summed E-state index contributed by atoms with van der Waals surface area (Å²) in [4.78, 5) is 7.51. The van der Waals surface area contributed by atoms with E-state index in [1.165, 1.54) is 50.0 Å². The summed E-state index contributed by atoms with van der Waals surface area (Å²) in [5.74, 6) is 0.982. The number of benzene rings is 7. The summed E-state index contributed by atoms with van der Waals surface area (Å²) in [7, 11) is 0. The van der Waals surface area contributed by atoms with Gasteiger partial charge in [0, 0.05) is 56.4 Å². The minimum Gasteiger partial charge on any atom is -0.468 e. The van der Waals surface area contributed by atoms with Gasteiger partial charge in [-0.1, -0.05) is 173 Å². The van der Waals surface area contributed by atoms with Gasteiger partial charge in [-0.25, -0.2) is 0 Å². The van der Waals surface area contributed by atoms with Crippen molar-refractivity contribution in [3.05, 3.63) is 192 Å². The van der Waals surface area contributed by atoms with Crippen LogP contribution in [0.25, 0.3) is 11.3 Å². The van der Waals surface area contributed by atoms with E-state index in [0.717, 1.165) is 56.9 Å². The van der Waals surface area contributed by atoms with Crippen LogP contribution in [0.15, 0.2) is 168 Å². The first kappa shape index (κ1) is 42.0. The lowest BCUT2D eigenvalue weighted by atomic mass is 9.35. The van der Waals surface area contributed by atoms with Crippen LogP contribution >= 0.6 is 0 Å². The number of fused-ring (bicyclic) bond motifs is 8. The zero-order valence-corrected chi connectivity index (χ0v) is 40.4. The Bertz CT molecular complexity index is 3120. The lowest BCUT2D eigenvalue weighted by Crippen LogP contribution is -2.61. The van der Waals surface area contributed by atoms with Crippen LogP contribution in [0.3, 0.4) is 0 Å². The zero-order valence-electron chi connectivity index (χ0n) is 40.4. The van der Waals surface area contributed by atoms with Gasteiger partial charge < -0.3 is 19.1 Å². The van der Waals surface area contributed by atoms with E-state index < -0.39 is 0 Å². The molecule has 0 bridgehead atoms. The molecule has 328 valence electrons. The van der Waals surface area contributed by atoms with E-state index in [1.807, 2.05) is 0 Å². The standard InChI is InChI=1S/C61H60BN3O/c1-58(2,3)39-26-31-44(32-27-39)64-50-35-30-41(60(7,8)9)36-49(50)62-54-51(64)37-46(63(42-20-14-12-15-21-42)43-22-16-13-17-23-43)38-52(54)65(45-33-28-40(29-34-45)59(4,5)6)55-53-56(66-57(55)62)47-24-18-19-25-48(47)61(53,10)11/h12-38H,1-11H3. The average Bonchev–Trinajstić information content (AvgIpc) is 3.79. The Labute approximate surface area is 392 Å². The van der Waals surface area contributed by atoms with E-state index in [4.69, 9.17) is 4.42 Å². The second-order valence-corrected chi connectivity index (χ2v) is 22.3. The smallest absolute Gasteiger partial charge is 0.297 e. The highest BCUT2D eigenvalue weighted by molar-refractivity contribution is 6.99. The molecule has 3 aliphatic rings. The van der Waals surface area contributed by atoms with Gasteiger partial charge in [-0.05, 0) is 116 Å². The topological polar surface area (TPSA) is 22.9 Å². The monoisotopic (exact) mass is 861 g/mol. The van der Waals surface area contributed by atoms with Crippen molar-refractivity contribution < 1.29 is 4.42 Å². The van der Waals surface area contributed by atoms with E-state index >= 15 is 0 Å². The molecule has 1 aliphatic carbocycles. The van der Waals surface area contributed by atoms with Crippen molar-refractivity contribution in [2.45, 2.75) is 97.8 Å². The van der Waals surface area contributed by atoms with Crippen LogP contribution in [0.5, 0.6) is 0 Å². The Morgan fingerprint density at radius 1 is 0.485 bits per heavy atom. The lowest BCUT2D eigenvalue weighted by molar-refractivity contribution is 0.590. The minimum atomic E-state index is -0.323. The fourth-order valence-electron chi connectivity index (χ4n) is 10.9. The third-order valence-corrected chi connectivity index (χ3v) is 14.5. The summed E-state index contributed by atoms with van der Waals surface area (Å²) >= 11 is 0. The van der Waals surface area contributed by atoms with Crippen LogP contribution in [0.2, 0.25) is 0 Å². The molecule has 0 N–H and O–H groups in total. The molecule has 0 fully saturated rings. The molecule has 66 heavy (non-hydrogen) atoms. The van der Waals surface area contributed by atoms with Crippen molar-refractivity contribution >= 4 is 74.5 Å². The third-order valence-electron chi connectivity index (χ3n) is 14.5. The van der Waals surface area contributed by atoms with Crippen LogP contribution in [0, 0.1) is 0 Å². The first-order valence-electron chi connectivity index (χ1n) is 23.7. The number of furan rings is 1. The molecule has 11 rings (SSSR count). The predicted molar refractivity (Wildman–Crippen MR) is 281 cm³/mol. The van der Waals surface area contributed by atoms with Gasteiger partial charge in [0.25, 0.3) is 6.71 Å². The van der Waals surface area contributed by atoms with Crippen LogP contribution in [-0.2, 0) is 21.7 Å². The maximum atomic E-state index is 7.61. The SMILES string of the molecule is CC(C)(C)c1ccc(N2c3ccc(C(C)(C)C)cc3B3c4oc5c(c4N(c4ccc(C(C)(C)C)cc4)c4cc(N(c6ccccc6)c6ccccc6)cc2c43)C(C)(C)c2ccccc2-5)cc1. The predicted octanol–water partition coefficient (Wildman–Crippen LogP) is 15.0. The van der Waals surface area contributed by atoms with Gasteiger partial charge in [-0.3, -0.25) is 0 Å². The molecule has 0 spiro atoms. The van der Waals surface area contributed by atoms with Crippen molar-refractivity contribution in [3.63, 3.8) is 0 Å². The van der Waals surface area contributed by atoms with Gasteiger partial charge >= 0.3 is 0 Å². The van der Waals surface area contributed by atoms with Crippen molar-refractivity contribution in [3.8, 4) is 11.3 Å². The van der Waals surface area contributed by atoms with Crippen LogP contribution in [0.4, 0.5) is 51.2 Å². The fourth-order valence-corrected chi connectivity index (χ4v) is 10.9. The van der Waals surface area contributed by atoms with Gasteiger partial charge in [0.05, 0.1) is 17.0 Å². The molecule has 0 unspecified atom stereocenters. The molecule has 5 heteroatoms. The Morgan fingerprint density at radius 2 is 0.970 bits per heavy atom. The van der Waals surface area contributed by atoms with Gasteiger partial charge in [0.15, 0.2) is 0 Å². The van der Waals surface area contributed by atoms with E-state index in [1.54, 1.807) is 0 Å². The highest BCUT2D eigenvalue weighted by atomic mass is 16.3. The summed E-state index contributed by atoms with van der Waals surface area (Å²) in [6, 6.07) is 61.2. The van der Waals surface area contributed by atoms with Crippen LogP contribution in [0.1, 0.15) is 104 Å². The second kappa shape index (κ2) is 14.6. The van der Waals surface area contributed by atoms with E-state index in [9.17, 15) is 0 Å². The number of hydrogen-bond donors (Lipinski definition) is 0. The largest absolute Gasteiger partial charge is 0.468 e. The number of hydrogen-bond acceptors (Lipinski definition) is 4. The van der Waals surface area contributed by atoms with Crippen LogP contribution in [-0.4, -0.2) is 6.71 Å². The summed E-state index contributed by atoms with van der Waals surface area (Å²) in [5.41, 5.74) is 20.9. The van der Waals surface area contributed by atoms with Gasteiger partial charge in [0.2, 0.25) is 0 Å². The molecule has 0 atom stereocenters. The van der Waals surface area contributed by atoms with Crippen molar-refractivity contribution in [2.75, 3.05) is 14.7 Å². The third kappa shape index (κ3) is 6.49. The molecule has 0 saturated carbocycles. The lowest BCUT2D eigenvalue weighted by Gasteiger charge is -2.44. The number of anilines is 9. The molecule has 2 aliphatic heterocycles.